The van der Waals surface area contributed by atoms with E-state index >= 15 is 0 Å². The van der Waals surface area contributed by atoms with Gasteiger partial charge >= 0.3 is 12.1 Å². The number of allylic oxidation sites excluding steroid dienone is 5. The van der Waals surface area contributed by atoms with E-state index in [-0.39, 0.29) is 5.57 Å². The van der Waals surface area contributed by atoms with Crippen molar-refractivity contribution in [2.24, 2.45) is 0 Å². The zero-order valence-corrected chi connectivity index (χ0v) is 13.7. The van der Waals surface area contributed by atoms with Gasteiger partial charge in [0.1, 0.15) is 11.4 Å². The lowest BCUT2D eigenvalue weighted by Gasteiger charge is -2.19. The molecule has 0 aromatic carbocycles. The Morgan fingerprint density at radius 3 is 2.46 bits per heavy atom. The molecule has 0 radical (unpaired) electrons. The fourth-order valence-corrected chi connectivity index (χ4v) is 1.56. The smallest absolute Gasteiger partial charge is 0.431 e. The second kappa shape index (κ2) is 8.00. The lowest BCUT2D eigenvalue weighted by molar-refractivity contribution is -0.147. The Kier molecular flexibility index (Phi) is 6.59. The molecule has 9 heteroatoms. The molecule has 24 heavy (non-hydrogen) atoms. The van der Waals surface area contributed by atoms with Crippen LogP contribution in [0.3, 0.4) is 0 Å². The standard InChI is InChI=1S/C15H18F3NO5/c1-8-5-9(16)10(17)6-11(13(8)18)23-12(20)7-22-19-14(21)24-15(2,3)4/h5H,6-7H2,1-4H3,(H,19,21). The number of hydrogen-bond donors (Lipinski definition) is 1. The monoisotopic (exact) mass is 349 g/mol. The van der Waals surface area contributed by atoms with Gasteiger partial charge in [-0.2, -0.15) is 5.48 Å². The van der Waals surface area contributed by atoms with E-state index in [1.165, 1.54) is 6.92 Å². The van der Waals surface area contributed by atoms with E-state index in [0.29, 0.717) is 6.08 Å². The largest absolute Gasteiger partial charge is 0.442 e. The first-order valence-electron chi connectivity index (χ1n) is 6.92. The van der Waals surface area contributed by atoms with E-state index in [9.17, 15) is 22.8 Å². The second-order valence-electron chi connectivity index (χ2n) is 5.86. The molecule has 0 fully saturated rings. The van der Waals surface area contributed by atoms with E-state index in [1.54, 1.807) is 20.8 Å². The number of amides is 1. The molecule has 1 rings (SSSR count). The third-order valence-corrected chi connectivity index (χ3v) is 2.49. The first kappa shape index (κ1) is 19.8. The molecule has 0 spiro atoms. The lowest BCUT2D eigenvalue weighted by atomic mass is 10.2. The number of carbonyl (C=O) groups is 2. The van der Waals surface area contributed by atoms with Gasteiger partial charge in [-0.1, -0.05) is 0 Å². The summed E-state index contributed by atoms with van der Waals surface area (Å²) in [5, 5.41) is 0. The minimum Gasteiger partial charge on any atom is -0.442 e. The quantitative estimate of drug-likeness (QED) is 0.619. The number of ether oxygens (including phenoxy) is 2. The van der Waals surface area contributed by atoms with E-state index in [0.717, 1.165) is 0 Å². The molecule has 0 aromatic heterocycles. The first-order valence-corrected chi connectivity index (χ1v) is 6.92. The van der Waals surface area contributed by atoms with Crippen molar-refractivity contribution in [1.82, 2.24) is 5.48 Å². The Morgan fingerprint density at radius 2 is 1.88 bits per heavy atom. The Balaban J connectivity index is 2.55. The number of halogens is 3. The third kappa shape index (κ3) is 6.45. The minimum absolute atomic E-state index is 0.226. The van der Waals surface area contributed by atoms with Gasteiger partial charge in [0, 0.05) is 0 Å². The number of nitrogens with one attached hydrogen (secondary N) is 1. The van der Waals surface area contributed by atoms with Crippen LogP contribution in [-0.4, -0.2) is 24.3 Å². The molecule has 0 atom stereocenters. The fourth-order valence-electron chi connectivity index (χ4n) is 1.56. The van der Waals surface area contributed by atoms with Crippen molar-refractivity contribution in [2.75, 3.05) is 6.61 Å². The van der Waals surface area contributed by atoms with Crippen LogP contribution < -0.4 is 5.48 Å². The zero-order chi connectivity index (χ0) is 18.5. The van der Waals surface area contributed by atoms with Crippen LogP contribution in [-0.2, 0) is 19.1 Å². The summed E-state index contributed by atoms with van der Waals surface area (Å²) in [6.45, 7) is 5.28. The van der Waals surface area contributed by atoms with Crippen LogP contribution >= 0.6 is 0 Å². The predicted molar refractivity (Wildman–Crippen MR) is 77.2 cm³/mol. The van der Waals surface area contributed by atoms with Crippen molar-refractivity contribution in [3.8, 4) is 0 Å². The third-order valence-electron chi connectivity index (χ3n) is 2.49. The molecule has 0 bridgehead atoms. The highest BCUT2D eigenvalue weighted by molar-refractivity contribution is 5.73. The van der Waals surface area contributed by atoms with Crippen LogP contribution in [0.4, 0.5) is 18.0 Å². The molecule has 1 N–H and O–H groups in total. The van der Waals surface area contributed by atoms with Crippen molar-refractivity contribution in [2.45, 2.75) is 39.7 Å². The molecule has 0 saturated heterocycles. The van der Waals surface area contributed by atoms with Crippen molar-refractivity contribution in [1.29, 1.82) is 0 Å². The highest BCUT2D eigenvalue weighted by Crippen LogP contribution is 2.30. The molecule has 1 aliphatic rings. The Bertz CT molecular complexity index is 617. The average molecular weight is 349 g/mol. The zero-order valence-electron chi connectivity index (χ0n) is 13.7. The van der Waals surface area contributed by atoms with Gasteiger partial charge in [-0.25, -0.2) is 22.8 Å². The normalized spacial score (nSPS) is 15.7. The molecule has 1 amide bonds. The molecule has 134 valence electrons. The summed E-state index contributed by atoms with van der Waals surface area (Å²) in [5.74, 6) is -5.35. The van der Waals surface area contributed by atoms with Gasteiger partial charge < -0.3 is 9.47 Å². The number of rotatable bonds is 4. The summed E-state index contributed by atoms with van der Waals surface area (Å²) < 4.78 is 49.9. The highest BCUT2D eigenvalue weighted by atomic mass is 19.2. The van der Waals surface area contributed by atoms with Crippen LogP contribution in [0.15, 0.2) is 34.9 Å². The van der Waals surface area contributed by atoms with Crippen LogP contribution in [0.5, 0.6) is 0 Å². The molecule has 0 unspecified atom stereocenters. The van der Waals surface area contributed by atoms with Gasteiger partial charge in [-0.3, -0.25) is 4.84 Å². The summed E-state index contributed by atoms with van der Waals surface area (Å²) in [5.41, 5.74) is 0.839. The van der Waals surface area contributed by atoms with Gasteiger partial charge in [-0.05, 0) is 39.3 Å². The molecule has 1 aliphatic carbocycles. The highest BCUT2D eigenvalue weighted by Gasteiger charge is 2.22. The molecule has 0 aromatic rings. The van der Waals surface area contributed by atoms with Gasteiger partial charge in [0.25, 0.3) is 0 Å². The molecular formula is C15H18F3NO5. The Hall–Kier alpha value is -2.29. The van der Waals surface area contributed by atoms with Gasteiger partial charge in [0.2, 0.25) is 0 Å². The van der Waals surface area contributed by atoms with Crippen molar-refractivity contribution in [3.05, 3.63) is 34.9 Å². The van der Waals surface area contributed by atoms with E-state index in [1.807, 2.05) is 5.48 Å². The summed E-state index contributed by atoms with van der Waals surface area (Å²) >= 11 is 0. The van der Waals surface area contributed by atoms with Gasteiger partial charge in [-0.15, -0.1) is 0 Å². The Morgan fingerprint density at radius 1 is 1.25 bits per heavy atom. The maximum absolute atomic E-state index is 13.9. The Labute approximate surface area is 136 Å². The summed E-state index contributed by atoms with van der Waals surface area (Å²) in [6, 6.07) is 0. The number of hydroxylamine groups is 1. The van der Waals surface area contributed by atoms with Crippen molar-refractivity contribution in [3.63, 3.8) is 0 Å². The van der Waals surface area contributed by atoms with E-state index < -0.39 is 53.9 Å². The average Bonchev–Trinajstić information content (AvgIpc) is 2.50. The van der Waals surface area contributed by atoms with Gasteiger partial charge in [0.05, 0.1) is 6.42 Å². The van der Waals surface area contributed by atoms with E-state index in [2.05, 4.69) is 9.57 Å². The molecule has 0 heterocycles. The second-order valence-corrected chi connectivity index (χ2v) is 5.86. The maximum Gasteiger partial charge on any atom is 0.431 e. The summed E-state index contributed by atoms with van der Waals surface area (Å²) in [7, 11) is 0. The fraction of sp³-hybridized carbons (Fsp3) is 0.467. The van der Waals surface area contributed by atoms with Crippen LogP contribution in [0.25, 0.3) is 0 Å². The van der Waals surface area contributed by atoms with Gasteiger partial charge in [0.15, 0.2) is 24.0 Å². The first-order chi connectivity index (χ1) is 11.0. The lowest BCUT2D eigenvalue weighted by Crippen LogP contribution is -2.34. The molecule has 6 nitrogen and oxygen atoms in total. The van der Waals surface area contributed by atoms with Crippen LogP contribution in [0, 0.1) is 0 Å². The topological polar surface area (TPSA) is 73.9 Å². The summed E-state index contributed by atoms with van der Waals surface area (Å²) in [4.78, 5) is 27.4. The van der Waals surface area contributed by atoms with E-state index in [4.69, 9.17) is 4.74 Å². The van der Waals surface area contributed by atoms with Crippen molar-refractivity contribution < 1.29 is 37.1 Å². The molecule has 0 aliphatic heterocycles. The van der Waals surface area contributed by atoms with Crippen molar-refractivity contribution >= 4 is 12.1 Å². The molecular weight excluding hydrogens is 331 g/mol. The maximum atomic E-state index is 13.9. The number of carbonyl (C=O) groups excluding carboxylic acids is 2. The molecule has 0 saturated carbocycles. The summed E-state index contributed by atoms with van der Waals surface area (Å²) in [6.07, 6.45) is -1.13. The number of esters is 1. The van der Waals surface area contributed by atoms with Crippen LogP contribution in [0.2, 0.25) is 0 Å². The predicted octanol–water partition coefficient (Wildman–Crippen LogP) is 3.67. The minimum atomic E-state index is -1.27. The SMILES string of the molecule is CC1=CC(F)=C(F)CC(OC(=O)CONC(=O)OC(C)(C)C)=C1F. The van der Waals surface area contributed by atoms with Crippen LogP contribution in [0.1, 0.15) is 34.1 Å². The number of hydrogen-bond acceptors (Lipinski definition) is 5.